The first-order valence-corrected chi connectivity index (χ1v) is 9.44. The molecule has 136 valence electrons. The molecular formula is C21H23FN2OS. The van der Waals surface area contributed by atoms with Crippen LogP contribution in [0.5, 0.6) is 0 Å². The Hall–Kier alpha value is -2.24. The number of rotatable bonds is 5. The highest BCUT2D eigenvalue weighted by Gasteiger charge is 2.14. The van der Waals surface area contributed by atoms with Gasteiger partial charge in [0, 0.05) is 12.5 Å². The van der Waals surface area contributed by atoms with E-state index in [9.17, 15) is 4.39 Å². The van der Waals surface area contributed by atoms with Crippen LogP contribution >= 0.6 is 11.3 Å². The molecule has 1 aromatic heterocycles. The first-order chi connectivity index (χ1) is 12.5. The van der Waals surface area contributed by atoms with Crippen molar-refractivity contribution in [2.24, 2.45) is 4.99 Å². The van der Waals surface area contributed by atoms with Gasteiger partial charge in [-0.25, -0.2) is 9.38 Å². The zero-order valence-electron chi connectivity index (χ0n) is 15.5. The molecule has 0 unspecified atom stereocenters. The third kappa shape index (κ3) is 3.94. The summed E-state index contributed by atoms with van der Waals surface area (Å²) in [6.07, 6.45) is 0. The molecule has 0 saturated heterocycles. The third-order valence-electron chi connectivity index (χ3n) is 4.31. The summed E-state index contributed by atoms with van der Waals surface area (Å²) in [5.41, 5.74) is 5.27. The van der Waals surface area contributed by atoms with Crippen molar-refractivity contribution < 1.29 is 9.13 Å². The van der Waals surface area contributed by atoms with Crippen molar-refractivity contribution in [2.75, 3.05) is 13.7 Å². The molecule has 0 aliphatic rings. The average molecular weight is 370 g/mol. The Bertz CT molecular complexity index is 957. The lowest BCUT2D eigenvalue weighted by Gasteiger charge is -2.16. The summed E-state index contributed by atoms with van der Waals surface area (Å²) in [7, 11) is 1.70. The molecule has 0 radical (unpaired) electrons. The van der Waals surface area contributed by atoms with Crippen LogP contribution in [0.2, 0.25) is 0 Å². The second-order valence-electron chi connectivity index (χ2n) is 6.49. The SMILES string of the molecule is COC[C@@H](C)n1c(-c2ccc(F)cc2)csc1=Nc1cc(C)ccc1C. The van der Waals surface area contributed by atoms with Gasteiger partial charge in [0.05, 0.1) is 24.0 Å². The molecule has 1 atom stereocenters. The van der Waals surface area contributed by atoms with E-state index in [1.165, 1.54) is 17.7 Å². The van der Waals surface area contributed by atoms with Crippen LogP contribution in [0.3, 0.4) is 0 Å². The highest BCUT2D eigenvalue weighted by Crippen LogP contribution is 2.25. The Morgan fingerprint density at radius 2 is 1.88 bits per heavy atom. The van der Waals surface area contributed by atoms with Crippen LogP contribution in [0.1, 0.15) is 24.1 Å². The average Bonchev–Trinajstić information content (AvgIpc) is 3.03. The van der Waals surface area contributed by atoms with Crippen molar-refractivity contribution in [1.82, 2.24) is 4.57 Å². The quantitative estimate of drug-likeness (QED) is 0.590. The van der Waals surface area contributed by atoms with Gasteiger partial charge in [0.25, 0.3) is 0 Å². The van der Waals surface area contributed by atoms with Gasteiger partial charge in [-0.3, -0.25) is 0 Å². The molecule has 5 heteroatoms. The van der Waals surface area contributed by atoms with Gasteiger partial charge >= 0.3 is 0 Å². The van der Waals surface area contributed by atoms with Gasteiger partial charge in [-0.15, -0.1) is 11.3 Å². The number of ether oxygens (including phenoxy) is 1. The van der Waals surface area contributed by atoms with Crippen LogP contribution in [0.25, 0.3) is 11.3 Å². The van der Waals surface area contributed by atoms with E-state index < -0.39 is 0 Å². The van der Waals surface area contributed by atoms with Crippen molar-refractivity contribution >= 4 is 17.0 Å². The Morgan fingerprint density at radius 1 is 1.15 bits per heavy atom. The summed E-state index contributed by atoms with van der Waals surface area (Å²) in [6, 6.07) is 13.0. The third-order valence-corrected chi connectivity index (χ3v) is 5.15. The Balaban J connectivity index is 2.18. The summed E-state index contributed by atoms with van der Waals surface area (Å²) in [5, 5.41) is 2.07. The maximum atomic E-state index is 13.3. The Kier molecular flexibility index (Phi) is 5.69. The summed E-state index contributed by atoms with van der Waals surface area (Å²) >= 11 is 1.59. The van der Waals surface area contributed by atoms with Gasteiger partial charge in [0.15, 0.2) is 4.80 Å². The molecule has 0 amide bonds. The number of nitrogens with zero attached hydrogens (tertiary/aromatic N) is 2. The number of aromatic nitrogens is 1. The molecule has 0 fully saturated rings. The number of benzene rings is 2. The fourth-order valence-corrected chi connectivity index (χ4v) is 3.93. The first kappa shape index (κ1) is 18.5. The molecule has 0 saturated carbocycles. The van der Waals surface area contributed by atoms with Crippen LogP contribution in [0.4, 0.5) is 10.1 Å². The molecular weight excluding hydrogens is 347 g/mol. The van der Waals surface area contributed by atoms with E-state index in [1.807, 2.05) is 0 Å². The minimum absolute atomic E-state index is 0.107. The zero-order valence-corrected chi connectivity index (χ0v) is 16.3. The summed E-state index contributed by atoms with van der Waals surface area (Å²) < 4.78 is 20.9. The number of aryl methyl sites for hydroxylation is 2. The van der Waals surface area contributed by atoms with Crippen LogP contribution in [0.15, 0.2) is 52.8 Å². The Morgan fingerprint density at radius 3 is 2.58 bits per heavy atom. The van der Waals surface area contributed by atoms with E-state index in [1.54, 1.807) is 30.6 Å². The fourth-order valence-electron chi connectivity index (χ4n) is 2.92. The minimum Gasteiger partial charge on any atom is -0.383 e. The lowest BCUT2D eigenvalue weighted by atomic mass is 10.1. The number of halogens is 1. The van der Waals surface area contributed by atoms with Crippen molar-refractivity contribution in [3.63, 3.8) is 0 Å². The van der Waals surface area contributed by atoms with E-state index in [4.69, 9.17) is 9.73 Å². The van der Waals surface area contributed by atoms with Gasteiger partial charge < -0.3 is 9.30 Å². The van der Waals surface area contributed by atoms with E-state index in [-0.39, 0.29) is 11.9 Å². The van der Waals surface area contributed by atoms with Crippen molar-refractivity contribution in [2.45, 2.75) is 26.8 Å². The maximum absolute atomic E-state index is 13.3. The van der Waals surface area contributed by atoms with E-state index in [0.717, 1.165) is 27.3 Å². The second kappa shape index (κ2) is 7.98. The number of hydrogen-bond donors (Lipinski definition) is 0. The van der Waals surface area contributed by atoms with Gasteiger partial charge in [-0.05, 0) is 67.8 Å². The fraction of sp³-hybridized carbons (Fsp3) is 0.286. The van der Waals surface area contributed by atoms with Crippen molar-refractivity contribution in [3.8, 4) is 11.3 Å². The predicted molar refractivity (Wildman–Crippen MR) is 105 cm³/mol. The molecule has 2 aromatic carbocycles. The summed E-state index contributed by atoms with van der Waals surface area (Å²) in [4.78, 5) is 5.83. The van der Waals surface area contributed by atoms with Crippen molar-refractivity contribution in [1.29, 1.82) is 0 Å². The molecule has 1 heterocycles. The summed E-state index contributed by atoms with van der Waals surface area (Å²) in [5.74, 6) is -0.235. The Labute approximate surface area is 157 Å². The lowest BCUT2D eigenvalue weighted by molar-refractivity contribution is 0.162. The predicted octanol–water partition coefficient (Wildman–Crippen LogP) is 5.41. The smallest absolute Gasteiger partial charge is 0.190 e. The van der Waals surface area contributed by atoms with E-state index in [0.29, 0.717) is 6.61 Å². The summed E-state index contributed by atoms with van der Waals surface area (Å²) in [6.45, 7) is 6.81. The topological polar surface area (TPSA) is 26.5 Å². The largest absolute Gasteiger partial charge is 0.383 e. The van der Waals surface area contributed by atoms with Gasteiger partial charge in [-0.2, -0.15) is 0 Å². The molecule has 0 N–H and O–H groups in total. The van der Waals surface area contributed by atoms with Gasteiger partial charge in [0.1, 0.15) is 5.82 Å². The molecule has 26 heavy (non-hydrogen) atoms. The van der Waals surface area contributed by atoms with Crippen LogP contribution in [0, 0.1) is 19.7 Å². The van der Waals surface area contributed by atoms with Crippen molar-refractivity contribution in [3.05, 3.63) is 69.6 Å². The van der Waals surface area contributed by atoms with E-state index >= 15 is 0 Å². The standard InChI is InChI=1S/C21H23FN2OS/c1-14-5-6-15(2)19(11-14)23-21-24(16(3)12-25-4)20(13-26-21)17-7-9-18(22)10-8-17/h5-11,13,16H,12H2,1-4H3/t16-/m1/s1. The van der Waals surface area contributed by atoms with E-state index in [2.05, 4.69) is 48.9 Å². The number of hydrogen-bond acceptors (Lipinski definition) is 3. The number of methoxy groups -OCH3 is 1. The number of thiazole rings is 1. The van der Waals surface area contributed by atoms with Gasteiger partial charge in [-0.1, -0.05) is 12.1 Å². The molecule has 0 aliphatic carbocycles. The lowest BCUT2D eigenvalue weighted by Crippen LogP contribution is -2.23. The highest BCUT2D eigenvalue weighted by molar-refractivity contribution is 7.07. The van der Waals surface area contributed by atoms with Crippen LogP contribution in [-0.2, 0) is 4.74 Å². The normalized spacial score (nSPS) is 13.2. The second-order valence-corrected chi connectivity index (χ2v) is 7.32. The van der Waals surface area contributed by atoms with Crippen LogP contribution in [-0.4, -0.2) is 18.3 Å². The zero-order chi connectivity index (χ0) is 18.7. The molecule has 3 aromatic rings. The first-order valence-electron chi connectivity index (χ1n) is 8.56. The molecule has 0 spiro atoms. The van der Waals surface area contributed by atoms with Crippen LogP contribution < -0.4 is 4.80 Å². The van der Waals surface area contributed by atoms with Gasteiger partial charge in [0.2, 0.25) is 0 Å². The monoisotopic (exact) mass is 370 g/mol. The molecule has 3 rings (SSSR count). The molecule has 0 aliphatic heterocycles. The highest BCUT2D eigenvalue weighted by atomic mass is 32.1. The minimum atomic E-state index is -0.235. The molecule has 3 nitrogen and oxygen atoms in total. The maximum Gasteiger partial charge on any atom is 0.190 e. The molecule has 0 bridgehead atoms.